The summed E-state index contributed by atoms with van der Waals surface area (Å²) >= 11 is 3.25. The summed E-state index contributed by atoms with van der Waals surface area (Å²) in [5.41, 5.74) is 0.867. The Morgan fingerprint density at radius 1 is 1.64 bits per heavy atom. The zero-order valence-electron chi connectivity index (χ0n) is 5.66. The van der Waals surface area contributed by atoms with Crippen molar-refractivity contribution in [2.45, 2.75) is 6.61 Å². The van der Waals surface area contributed by atoms with Crippen molar-refractivity contribution in [3.8, 4) is 0 Å². The second kappa shape index (κ2) is 4.08. The van der Waals surface area contributed by atoms with Gasteiger partial charge in [-0.05, 0) is 22.0 Å². The molecule has 0 aliphatic carbocycles. The van der Waals surface area contributed by atoms with Crippen molar-refractivity contribution in [1.82, 2.24) is 4.98 Å². The molecule has 0 unspecified atom stereocenters. The van der Waals surface area contributed by atoms with Crippen molar-refractivity contribution in [2.75, 3.05) is 0 Å². The Hall–Kier alpha value is -0.900. The molecule has 0 amide bonds. The molecule has 1 aromatic heterocycles. The SMILES string of the molecule is O=COCc1cncc(Br)c1. The maximum Gasteiger partial charge on any atom is 0.293 e. The molecule has 0 aliphatic heterocycles. The van der Waals surface area contributed by atoms with Gasteiger partial charge in [-0.15, -0.1) is 0 Å². The van der Waals surface area contributed by atoms with Crippen molar-refractivity contribution in [2.24, 2.45) is 0 Å². The first-order chi connectivity index (χ1) is 5.33. The first kappa shape index (κ1) is 8.20. The van der Waals surface area contributed by atoms with Crippen LogP contribution in [0.4, 0.5) is 0 Å². The number of ether oxygens (including phenoxy) is 1. The van der Waals surface area contributed by atoms with Gasteiger partial charge in [0, 0.05) is 22.4 Å². The molecule has 0 aromatic carbocycles. The van der Waals surface area contributed by atoms with Crippen molar-refractivity contribution in [1.29, 1.82) is 0 Å². The summed E-state index contributed by atoms with van der Waals surface area (Å²) in [6, 6.07) is 1.84. The van der Waals surface area contributed by atoms with Crippen LogP contribution in [0.25, 0.3) is 0 Å². The van der Waals surface area contributed by atoms with Crippen molar-refractivity contribution >= 4 is 22.4 Å². The van der Waals surface area contributed by atoms with E-state index in [2.05, 4.69) is 25.7 Å². The second-order valence-corrected chi connectivity index (χ2v) is 2.83. The lowest BCUT2D eigenvalue weighted by Gasteiger charge is -1.97. The quantitative estimate of drug-likeness (QED) is 0.719. The van der Waals surface area contributed by atoms with Crippen molar-refractivity contribution in [3.05, 3.63) is 28.5 Å². The summed E-state index contributed by atoms with van der Waals surface area (Å²) < 4.78 is 5.41. The standard InChI is InChI=1S/C7H6BrNO2/c8-7-1-6(2-9-3-7)4-11-5-10/h1-3,5H,4H2. The number of rotatable bonds is 3. The Balaban J connectivity index is 2.63. The molecule has 1 heterocycles. The molecule has 58 valence electrons. The fraction of sp³-hybridized carbons (Fsp3) is 0.143. The number of hydrogen-bond donors (Lipinski definition) is 0. The Bertz CT molecular complexity index is 252. The molecular weight excluding hydrogens is 210 g/mol. The third kappa shape index (κ3) is 2.67. The van der Waals surface area contributed by atoms with Gasteiger partial charge in [0.2, 0.25) is 0 Å². The van der Waals surface area contributed by atoms with E-state index in [4.69, 9.17) is 0 Å². The minimum absolute atomic E-state index is 0.274. The molecule has 1 rings (SSSR count). The van der Waals surface area contributed by atoms with Crippen LogP contribution in [-0.4, -0.2) is 11.5 Å². The molecule has 11 heavy (non-hydrogen) atoms. The molecule has 0 saturated heterocycles. The van der Waals surface area contributed by atoms with Gasteiger partial charge in [-0.2, -0.15) is 0 Å². The largest absolute Gasteiger partial charge is 0.463 e. The molecule has 0 bridgehead atoms. The molecule has 0 atom stereocenters. The maximum atomic E-state index is 9.81. The lowest BCUT2D eigenvalue weighted by atomic mass is 10.3. The van der Waals surface area contributed by atoms with Crippen LogP contribution in [0, 0.1) is 0 Å². The van der Waals surface area contributed by atoms with Crippen molar-refractivity contribution in [3.63, 3.8) is 0 Å². The number of carbonyl (C=O) groups excluding carboxylic acids is 1. The van der Waals surface area contributed by atoms with Gasteiger partial charge < -0.3 is 4.74 Å². The number of carbonyl (C=O) groups is 1. The Kier molecular flexibility index (Phi) is 3.04. The first-order valence-electron chi connectivity index (χ1n) is 2.97. The summed E-state index contributed by atoms with van der Waals surface area (Å²) in [5.74, 6) is 0. The monoisotopic (exact) mass is 215 g/mol. The molecular formula is C7H6BrNO2. The van der Waals surface area contributed by atoms with E-state index >= 15 is 0 Å². The van der Waals surface area contributed by atoms with Crippen LogP contribution in [0.5, 0.6) is 0 Å². The molecule has 0 radical (unpaired) electrons. The number of halogens is 1. The minimum atomic E-state index is 0.274. The highest BCUT2D eigenvalue weighted by molar-refractivity contribution is 9.10. The van der Waals surface area contributed by atoms with E-state index in [0.29, 0.717) is 6.47 Å². The Morgan fingerprint density at radius 2 is 2.45 bits per heavy atom. The van der Waals surface area contributed by atoms with Crippen molar-refractivity contribution < 1.29 is 9.53 Å². The average Bonchev–Trinajstić information content (AvgIpc) is 2.01. The molecule has 3 nitrogen and oxygen atoms in total. The molecule has 0 N–H and O–H groups in total. The lowest BCUT2D eigenvalue weighted by molar-refractivity contribution is -0.129. The van der Waals surface area contributed by atoms with Gasteiger partial charge in [-0.3, -0.25) is 9.78 Å². The fourth-order valence-corrected chi connectivity index (χ4v) is 1.08. The minimum Gasteiger partial charge on any atom is -0.463 e. The van der Waals surface area contributed by atoms with E-state index < -0.39 is 0 Å². The van der Waals surface area contributed by atoms with E-state index in [9.17, 15) is 4.79 Å². The van der Waals surface area contributed by atoms with Crippen LogP contribution in [0.1, 0.15) is 5.56 Å². The molecule has 0 aliphatic rings. The van der Waals surface area contributed by atoms with Gasteiger partial charge in [-0.25, -0.2) is 0 Å². The number of hydrogen-bond acceptors (Lipinski definition) is 3. The van der Waals surface area contributed by atoms with E-state index in [-0.39, 0.29) is 6.61 Å². The summed E-state index contributed by atoms with van der Waals surface area (Å²) in [6.45, 7) is 0.691. The highest BCUT2D eigenvalue weighted by Gasteiger charge is 1.93. The molecule has 0 fully saturated rings. The highest BCUT2D eigenvalue weighted by atomic mass is 79.9. The van der Waals surface area contributed by atoms with Crippen LogP contribution in [-0.2, 0) is 16.1 Å². The van der Waals surface area contributed by atoms with Crippen LogP contribution < -0.4 is 0 Å². The van der Waals surface area contributed by atoms with Crippen LogP contribution in [0.3, 0.4) is 0 Å². The van der Waals surface area contributed by atoms with Crippen LogP contribution >= 0.6 is 15.9 Å². The second-order valence-electron chi connectivity index (χ2n) is 1.92. The van der Waals surface area contributed by atoms with E-state index in [1.54, 1.807) is 12.4 Å². The molecule has 4 heteroatoms. The Morgan fingerprint density at radius 3 is 3.09 bits per heavy atom. The molecule has 1 aromatic rings. The number of aromatic nitrogens is 1. The predicted molar refractivity (Wildman–Crippen MR) is 42.8 cm³/mol. The first-order valence-corrected chi connectivity index (χ1v) is 3.77. The van der Waals surface area contributed by atoms with Crippen LogP contribution in [0.15, 0.2) is 22.9 Å². The van der Waals surface area contributed by atoms with E-state index in [1.165, 1.54) is 0 Å². The normalized spacial score (nSPS) is 9.18. The molecule has 0 spiro atoms. The van der Waals surface area contributed by atoms with Gasteiger partial charge in [0.15, 0.2) is 0 Å². The summed E-state index contributed by atoms with van der Waals surface area (Å²) in [5, 5.41) is 0. The predicted octanol–water partition coefficient (Wildman–Crippen LogP) is 1.52. The maximum absolute atomic E-state index is 9.81. The van der Waals surface area contributed by atoms with Gasteiger partial charge in [0.25, 0.3) is 6.47 Å². The molecule has 0 saturated carbocycles. The Labute approximate surface area is 72.5 Å². The van der Waals surface area contributed by atoms with Crippen LogP contribution in [0.2, 0.25) is 0 Å². The summed E-state index contributed by atoms with van der Waals surface area (Å²) in [7, 11) is 0. The summed E-state index contributed by atoms with van der Waals surface area (Å²) in [6.07, 6.45) is 3.32. The zero-order chi connectivity index (χ0) is 8.10. The highest BCUT2D eigenvalue weighted by Crippen LogP contribution is 2.09. The number of pyridine rings is 1. The third-order valence-corrected chi connectivity index (χ3v) is 1.51. The third-order valence-electron chi connectivity index (χ3n) is 1.08. The van der Waals surface area contributed by atoms with Gasteiger partial charge >= 0.3 is 0 Å². The van der Waals surface area contributed by atoms with Gasteiger partial charge in [0.1, 0.15) is 6.61 Å². The zero-order valence-corrected chi connectivity index (χ0v) is 7.24. The van der Waals surface area contributed by atoms with E-state index in [1.807, 2.05) is 6.07 Å². The average molecular weight is 216 g/mol. The number of nitrogens with zero attached hydrogens (tertiary/aromatic N) is 1. The van der Waals surface area contributed by atoms with E-state index in [0.717, 1.165) is 10.0 Å². The smallest absolute Gasteiger partial charge is 0.293 e. The van der Waals surface area contributed by atoms with Gasteiger partial charge in [-0.1, -0.05) is 0 Å². The van der Waals surface area contributed by atoms with Gasteiger partial charge in [0.05, 0.1) is 0 Å². The topological polar surface area (TPSA) is 39.2 Å². The lowest BCUT2D eigenvalue weighted by Crippen LogP contribution is -1.90. The fourth-order valence-electron chi connectivity index (χ4n) is 0.665. The summed E-state index contributed by atoms with van der Waals surface area (Å²) in [4.78, 5) is 13.7.